The van der Waals surface area contributed by atoms with E-state index < -0.39 is 0 Å². The molecule has 0 radical (unpaired) electrons. The number of benzene rings is 2. The van der Waals surface area contributed by atoms with Gasteiger partial charge in [0.15, 0.2) is 4.80 Å². The lowest BCUT2D eigenvalue weighted by Gasteiger charge is -2.26. The van der Waals surface area contributed by atoms with E-state index in [0.29, 0.717) is 0 Å². The monoisotopic (exact) mass is 413 g/mol. The van der Waals surface area contributed by atoms with Gasteiger partial charge in [0.2, 0.25) is 0 Å². The molecular weight excluding hydrogens is 390 g/mol. The van der Waals surface area contributed by atoms with Crippen LogP contribution >= 0.6 is 22.9 Å². The van der Waals surface area contributed by atoms with Crippen LogP contribution in [-0.4, -0.2) is 42.3 Å². The standard InChI is InChI=1S/C22H24ClN3OS/c23-19-9-7-18(8-10-19)21-17-28-22(24-20-5-2-1-3-6-20)26(21)12-4-11-25-13-15-27-16-14-25/h1-3,5-10,17H,4,11-16H2. The van der Waals surface area contributed by atoms with Crippen LogP contribution in [0.15, 0.2) is 65.0 Å². The Morgan fingerprint density at radius 1 is 0.964 bits per heavy atom. The molecule has 1 saturated heterocycles. The molecule has 1 aliphatic rings. The largest absolute Gasteiger partial charge is 0.379 e. The second-order valence-electron chi connectivity index (χ2n) is 6.82. The van der Waals surface area contributed by atoms with Crippen LogP contribution < -0.4 is 4.80 Å². The molecule has 0 saturated carbocycles. The second-order valence-corrected chi connectivity index (χ2v) is 8.09. The number of aromatic nitrogens is 1. The van der Waals surface area contributed by atoms with E-state index in [0.717, 1.165) is 61.3 Å². The Kier molecular flexibility index (Phi) is 6.60. The summed E-state index contributed by atoms with van der Waals surface area (Å²) in [6.45, 7) is 5.76. The molecule has 0 N–H and O–H groups in total. The maximum absolute atomic E-state index is 6.08. The van der Waals surface area contributed by atoms with Crippen LogP contribution in [-0.2, 0) is 11.3 Å². The first-order chi connectivity index (χ1) is 13.8. The van der Waals surface area contributed by atoms with Gasteiger partial charge in [0, 0.05) is 36.6 Å². The molecule has 1 aromatic heterocycles. The zero-order valence-corrected chi connectivity index (χ0v) is 17.3. The number of thiazole rings is 1. The Balaban J connectivity index is 1.61. The van der Waals surface area contributed by atoms with E-state index in [-0.39, 0.29) is 0 Å². The van der Waals surface area contributed by atoms with Gasteiger partial charge in [0.1, 0.15) is 0 Å². The third kappa shape index (κ3) is 4.92. The molecule has 4 rings (SSSR count). The Hall–Kier alpha value is -1.92. The number of nitrogens with zero attached hydrogens (tertiary/aromatic N) is 3. The van der Waals surface area contributed by atoms with Gasteiger partial charge in [0.05, 0.1) is 24.6 Å². The Morgan fingerprint density at radius 2 is 1.71 bits per heavy atom. The van der Waals surface area contributed by atoms with E-state index in [1.165, 1.54) is 11.3 Å². The molecule has 28 heavy (non-hydrogen) atoms. The molecule has 0 amide bonds. The molecule has 0 spiro atoms. The molecule has 0 bridgehead atoms. The fourth-order valence-electron chi connectivity index (χ4n) is 3.38. The smallest absolute Gasteiger partial charge is 0.190 e. The first-order valence-electron chi connectivity index (χ1n) is 9.64. The minimum Gasteiger partial charge on any atom is -0.379 e. The topological polar surface area (TPSA) is 29.8 Å². The van der Waals surface area contributed by atoms with Crippen molar-refractivity contribution in [1.82, 2.24) is 9.47 Å². The van der Waals surface area contributed by atoms with Crippen molar-refractivity contribution in [2.24, 2.45) is 4.99 Å². The van der Waals surface area contributed by atoms with Crippen LogP contribution in [0.4, 0.5) is 5.69 Å². The fourth-order valence-corrected chi connectivity index (χ4v) is 4.46. The highest BCUT2D eigenvalue weighted by Crippen LogP contribution is 2.23. The number of hydrogen-bond acceptors (Lipinski definition) is 4. The summed E-state index contributed by atoms with van der Waals surface area (Å²) in [4.78, 5) is 8.40. The summed E-state index contributed by atoms with van der Waals surface area (Å²) in [5.74, 6) is 0. The van der Waals surface area contributed by atoms with Gasteiger partial charge < -0.3 is 9.30 Å². The summed E-state index contributed by atoms with van der Waals surface area (Å²) in [7, 11) is 0. The molecule has 4 nitrogen and oxygen atoms in total. The Bertz CT molecular complexity index is 944. The zero-order chi connectivity index (χ0) is 19.2. The van der Waals surface area contributed by atoms with Crippen molar-refractivity contribution in [3.63, 3.8) is 0 Å². The van der Waals surface area contributed by atoms with E-state index >= 15 is 0 Å². The highest BCUT2D eigenvalue weighted by atomic mass is 35.5. The Labute approximate surface area is 174 Å². The maximum Gasteiger partial charge on any atom is 0.190 e. The minimum absolute atomic E-state index is 0.757. The van der Waals surface area contributed by atoms with Crippen LogP contribution in [0, 0.1) is 0 Å². The van der Waals surface area contributed by atoms with E-state index in [9.17, 15) is 0 Å². The SMILES string of the molecule is Clc1ccc(-c2csc(=Nc3ccccc3)n2CCCN2CCOCC2)cc1. The first kappa shape index (κ1) is 19.4. The molecule has 2 aromatic carbocycles. The van der Waals surface area contributed by atoms with Gasteiger partial charge in [-0.1, -0.05) is 41.9 Å². The van der Waals surface area contributed by atoms with E-state index in [1.54, 1.807) is 11.3 Å². The van der Waals surface area contributed by atoms with Crippen molar-refractivity contribution in [2.75, 3.05) is 32.8 Å². The van der Waals surface area contributed by atoms with Crippen molar-refractivity contribution in [3.8, 4) is 11.3 Å². The average Bonchev–Trinajstić information content (AvgIpc) is 3.12. The van der Waals surface area contributed by atoms with Crippen molar-refractivity contribution in [3.05, 3.63) is 69.8 Å². The van der Waals surface area contributed by atoms with Gasteiger partial charge in [-0.3, -0.25) is 4.90 Å². The summed E-state index contributed by atoms with van der Waals surface area (Å²) in [6.07, 6.45) is 1.08. The normalized spacial score (nSPS) is 15.8. The predicted octanol–water partition coefficient (Wildman–Crippen LogP) is 4.82. The third-order valence-electron chi connectivity index (χ3n) is 4.88. The molecule has 2 heterocycles. The van der Waals surface area contributed by atoms with Gasteiger partial charge in [-0.25, -0.2) is 4.99 Å². The van der Waals surface area contributed by atoms with E-state index in [2.05, 4.69) is 27.0 Å². The molecule has 0 unspecified atom stereocenters. The molecule has 0 atom stereocenters. The van der Waals surface area contributed by atoms with E-state index in [4.69, 9.17) is 21.3 Å². The highest BCUT2D eigenvalue weighted by Gasteiger charge is 2.12. The molecule has 146 valence electrons. The fraction of sp³-hybridized carbons (Fsp3) is 0.318. The molecule has 1 aliphatic heterocycles. The van der Waals surface area contributed by atoms with Crippen LogP contribution in [0.2, 0.25) is 5.02 Å². The lowest BCUT2D eigenvalue weighted by molar-refractivity contribution is 0.0369. The van der Waals surface area contributed by atoms with Crippen molar-refractivity contribution < 1.29 is 4.74 Å². The summed E-state index contributed by atoms with van der Waals surface area (Å²) < 4.78 is 7.79. The summed E-state index contributed by atoms with van der Waals surface area (Å²) in [5, 5.41) is 2.95. The summed E-state index contributed by atoms with van der Waals surface area (Å²) in [5.41, 5.74) is 3.34. The minimum atomic E-state index is 0.757. The Morgan fingerprint density at radius 3 is 2.46 bits per heavy atom. The lowest BCUT2D eigenvalue weighted by atomic mass is 10.2. The van der Waals surface area contributed by atoms with Crippen molar-refractivity contribution in [1.29, 1.82) is 0 Å². The average molecular weight is 414 g/mol. The van der Waals surface area contributed by atoms with Crippen molar-refractivity contribution in [2.45, 2.75) is 13.0 Å². The second kappa shape index (κ2) is 9.52. The number of halogens is 1. The van der Waals surface area contributed by atoms with Gasteiger partial charge in [-0.15, -0.1) is 11.3 Å². The molecular formula is C22H24ClN3OS. The summed E-state index contributed by atoms with van der Waals surface area (Å²) in [6, 6.07) is 18.2. The van der Waals surface area contributed by atoms with Crippen molar-refractivity contribution >= 4 is 28.6 Å². The van der Waals surface area contributed by atoms with E-state index in [1.807, 2.05) is 42.5 Å². The third-order valence-corrected chi connectivity index (χ3v) is 5.99. The van der Waals surface area contributed by atoms with Crippen LogP contribution in [0.1, 0.15) is 6.42 Å². The maximum atomic E-state index is 6.08. The number of morpholine rings is 1. The predicted molar refractivity (Wildman–Crippen MR) is 116 cm³/mol. The van der Waals surface area contributed by atoms with Crippen LogP contribution in [0.25, 0.3) is 11.3 Å². The number of rotatable bonds is 6. The quantitative estimate of drug-likeness (QED) is 0.579. The number of ether oxygens (including phenoxy) is 1. The molecule has 3 aromatic rings. The van der Waals surface area contributed by atoms with Gasteiger partial charge in [-0.05, 0) is 36.2 Å². The molecule has 6 heteroatoms. The van der Waals surface area contributed by atoms with Gasteiger partial charge in [-0.2, -0.15) is 0 Å². The van der Waals surface area contributed by atoms with Crippen LogP contribution in [0.5, 0.6) is 0 Å². The van der Waals surface area contributed by atoms with Crippen LogP contribution in [0.3, 0.4) is 0 Å². The van der Waals surface area contributed by atoms with Gasteiger partial charge >= 0.3 is 0 Å². The highest BCUT2D eigenvalue weighted by molar-refractivity contribution is 7.07. The first-order valence-corrected chi connectivity index (χ1v) is 10.9. The zero-order valence-electron chi connectivity index (χ0n) is 15.8. The molecule has 1 fully saturated rings. The molecule has 0 aliphatic carbocycles. The summed E-state index contributed by atoms with van der Waals surface area (Å²) >= 11 is 7.77. The lowest BCUT2D eigenvalue weighted by Crippen LogP contribution is -2.37. The number of para-hydroxylation sites is 1. The van der Waals surface area contributed by atoms with Gasteiger partial charge in [0.25, 0.3) is 0 Å². The number of hydrogen-bond donors (Lipinski definition) is 0.